The van der Waals surface area contributed by atoms with Gasteiger partial charge < -0.3 is 20.1 Å². The summed E-state index contributed by atoms with van der Waals surface area (Å²) in [6, 6.07) is 10.2. The van der Waals surface area contributed by atoms with E-state index in [0.29, 0.717) is 27.8 Å². The highest BCUT2D eigenvalue weighted by Gasteiger charge is 2.26. The van der Waals surface area contributed by atoms with Crippen molar-refractivity contribution in [2.75, 3.05) is 24.4 Å². The Kier molecular flexibility index (Phi) is 9.45. The monoisotopic (exact) mass is 565 g/mol. The van der Waals surface area contributed by atoms with Gasteiger partial charge in [0, 0.05) is 29.3 Å². The summed E-state index contributed by atoms with van der Waals surface area (Å²) in [4.78, 5) is 48.4. The normalized spacial score (nSPS) is 10.5. The van der Waals surface area contributed by atoms with E-state index >= 15 is 0 Å². The summed E-state index contributed by atoms with van der Waals surface area (Å²) in [5, 5.41) is 17.2. The molecule has 2 aromatic carbocycles. The molecule has 0 radical (unpaired) electrons. The van der Waals surface area contributed by atoms with Crippen LogP contribution in [0, 0.1) is 17.0 Å². The van der Waals surface area contributed by atoms with Crippen LogP contribution in [0.1, 0.15) is 38.4 Å². The number of ether oxygens (including phenoxy) is 2. The fourth-order valence-corrected chi connectivity index (χ4v) is 4.82. The summed E-state index contributed by atoms with van der Waals surface area (Å²) in [6.07, 6.45) is 0.417. The highest BCUT2D eigenvalue weighted by Crippen LogP contribution is 2.35. The first-order valence-corrected chi connectivity index (χ1v) is 12.3. The smallest absolute Gasteiger partial charge is 0.341 e. The van der Waals surface area contributed by atoms with Gasteiger partial charge in [0.15, 0.2) is 0 Å². The molecule has 194 valence electrons. The third-order valence-electron chi connectivity index (χ3n) is 5.01. The molecule has 3 rings (SSSR count). The summed E-state index contributed by atoms with van der Waals surface area (Å²) in [5.74, 6) is -1.28. The molecule has 0 spiro atoms. The molecular formula is C24H21Cl2N3O7S. The van der Waals surface area contributed by atoms with Crippen molar-refractivity contribution in [3.8, 4) is 5.75 Å². The minimum atomic E-state index is -0.723. The summed E-state index contributed by atoms with van der Waals surface area (Å²) >= 11 is 12.8. The van der Waals surface area contributed by atoms with E-state index in [-0.39, 0.29) is 39.8 Å². The zero-order valence-corrected chi connectivity index (χ0v) is 22.0. The van der Waals surface area contributed by atoms with Crippen LogP contribution in [0.5, 0.6) is 5.75 Å². The van der Waals surface area contributed by atoms with Gasteiger partial charge in [-0.1, -0.05) is 29.3 Å². The van der Waals surface area contributed by atoms with E-state index in [0.717, 1.165) is 11.3 Å². The Labute approximate surface area is 225 Å². The van der Waals surface area contributed by atoms with Gasteiger partial charge in [0.25, 0.3) is 11.6 Å². The van der Waals surface area contributed by atoms with Gasteiger partial charge in [-0.3, -0.25) is 19.7 Å². The summed E-state index contributed by atoms with van der Waals surface area (Å²) in [6.45, 7) is 1.75. The van der Waals surface area contributed by atoms with Gasteiger partial charge in [0.2, 0.25) is 5.91 Å². The number of carbonyl (C=O) groups excluding carboxylic acids is 3. The lowest BCUT2D eigenvalue weighted by Crippen LogP contribution is -2.15. The molecule has 0 aliphatic carbocycles. The van der Waals surface area contributed by atoms with Gasteiger partial charge in [-0.05, 0) is 43.2 Å². The van der Waals surface area contributed by atoms with Crippen LogP contribution in [-0.4, -0.2) is 36.4 Å². The summed E-state index contributed by atoms with van der Waals surface area (Å²) in [7, 11) is 1.19. The third-order valence-corrected chi connectivity index (χ3v) is 6.75. The predicted octanol–water partition coefficient (Wildman–Crippen LogP) is 6.11. The quantitative estimate of drug-likeness (QED) is 0.131. The first kappa shape index (κ1) is 27.9. The predicted molar refractivity (Wildman–Crippen MR) is 141 cm³/mol. The van der Waals surface area contributed by atoms with Crippen molar-refractivity contribution in [3.05, 3.63) is 78.6 Å². The van der Waals surface area contributed by atoms with Gasteiger partial charge in [0.1, 0.15) is 10.8 Å². The number of esters is 1. The van der Waals surface area contributed by atoms with Crippen LogP contribution in [-0.2, 0) is 9.53 Å². The topological polar surface area (TPSA) is 137 Å². The molecule has 0 aliphatic heterocycles. The van der Waals surface area contributed by atoms with Gasteiger partial charge in [0.05, 0.1) is 34.1 Å². The number of hydrogen-bond donors (Lipinski definition) is 2. The molecule has 10 nitrogen and oxygen atoms in total. The standard InChI is InChI=1S/C24H21Cl2N3O7S/c1-13-20(24(32)35-2)23(28-19(30)7-4-10-36-18-9-8-14(25)11-17(18)26)37-21(13)22(31)27-15-5-3-6-16(12-15)29(33)34/h3,5-6,8-9,11-12H,4,7,10H2,1-2H3,(H,27,31)(H,28,30). The van der Waals surface area contributed by atoms with Crippen molar-refractivity contribution in [1.29, 1.82) is 0 Å². The Morgan fingerprint density at radius 3 is 2.54 bits per heavy atom. The molecule has 0 atom stereocenters. The highest BCUT2D eigenvalue weighted by atomic mass is 35.5. The lowest BCUT2D eigenvalue weighted by molar-refractivity contribution is -0.384. The first-order valence-electron chi connectivity index (χ1n) is 10.8. The Balaban J connectivity index is 1.68. The molecule has 2 N–H and O–H groups in total. The van der Waals surface area contributed by atoms with Crippen molar-refractivity contribution in [3.63, 3.8) is 0 Å². The fraction of sp³-hybridized carbons (Fsp3) is 0.208. The molecule has 0 fully saturated rings. The number of thiophene rings is 1. The number of halogens is 2. The van der Waals surface area contributed by atoms with E-state index in [9.17, 15) is 24.5 Å². The number of nitrogens with one attached hydrogen (secondary N) is 2. The SMILES string of the molecule is COC(=O)c1c(NC(=O)CCCOc2ccc(Cl)cc2Cl)sc(C(=O)Nc2cccc([N+](=O)[O-])c2)c1C. The van der Waals surface area contributed by atoms with Gasteiger partial charge in [-0.15, -0.1) is 11.3 Å². The minimum Gasteiger partial charge on any atom is -0.492 e. The van der Waals surface area contributed by atoms with Gasteiger partial charge >= 0.3 is 5.97 Å². The molecule has 1 aromatic heterocycles. The Bertz CT molecular complexity index is 1360. The molecule has 13 heteroatoms. The second-order valence-electron chi connectivity index (χ2n) is 7.59. The maximum atomic E-state index is 12.9. The van der Waals surface area contributed by atoms with Crippen molar-refractivity contribution in [2.45, 2.75) is 19.8 Å². The fourth-order valence-electron chi connectivity index (χ4n) is 3.25. The molecule has 0 saturated carbocycles. The second kappa shape index (κ2) is 12.5. The maximum Gasteiger partial charge on any atom is 0.341 e. The van der Waals surface area contributed by atoms with Crippen LogP contribution in [0.2, 0.25) is 10.0 Å². The number of benzene rings is 2. The van der Waals surface area contributed by atoms with E-state index in [2.05, 4.69) is 10.6 Å². The largest absolute Gasteiger partial charge is 0.492 e. The number of hydrogen-bond acceptors (Lipinski definition) is 8. The van der Waals surface area contributed by atoms with Crippen LogP contribution < -0.4 is 15.4 Å². The molecule has 0 unspecified atom stereocenters. The number of carbonyl (C=O) groups is 3. The number of non-ortho nitro benzene ring substituents is 1. The molecule has 0 saturated heterocycles. The number of nitro groups is 1. The second-order valence-corrected chi connectivity index (χ2v) is 9.45. The zero-order valence-electron chi connectivity index (χ0n) is 19.6. The van der Waals surface area contributed by atoms with Gasteiger partial charge in [-0.2, -0.15) is 0 Å². The number of nitro benzene ring substituents is 1. The number of rotatable bonds is 10. The number of amides is 2. The molecule has 2 amide bonds. The van der Waals surface area contributed by atoms with Gasteiger partial charge in [-0.25, -0.2) is 4.79 Å². The molecule has 0 aliphatic rings. The number of methoxy groups -OCH3 is 1. The first-order chi connectivity index (χ1) is 17.6. The van der Waals surface area contributed by atoms with Crippen LogP contribution in [0.25, 0.3) is 0 Å². The summed E-state index contributed by atoms with van der Waals surface area (Å²) < 4.78 is 10.4. The Morgan fingerprint density at radius 2 is 1.86 bits per heavy atom. The molecule has 0 bridgehead atoms. The third kappa shape index (κ3) is 7.19. The van der Waals surface area contributed by atoms with Crippen molar-refractivity contribution in [2.24, 2.45) is 0 Å². The Morgan fingerprint density at radius 1 is 1.11 bits per heavy atom. The van der Waals surface area contributed by atoms with Crippen LogP contribution in [0.3, 0.4) is 0 Å². The lowest BCUT2D eigenvalue weighted by Gasteiger charge is -2.09. The van der Waals surface area contributed by atoms with Crippen LogP contribution in [0.15, 0.2) is 42.5 Å². The highest BCUT2D eigenvalue weighted by molar-refractivity contribution is 7.19. The average molecular weight is 566 g/mol. The van der Waals surface area contributed by atoms with Crippen molar-refractivity contribution >= 4 is 68.7 Å². The van der Waals surface area contributed by atoms with E-state index in [4.69, 9.17) is 32.7 Å². The van der Waals surface area contributed by atoms with Crippen molar-refractivity contribution in [1.82, 2.24) is 0 Å². The maximum absolute atomic E-state index is 12.9. The van der Waals surface area contributed by atoms with Crippen LogP contribution >= 0.6 is 34.5 Å². The van der Waals surface area contributed by atoms with E-state index in [1.165, 1.54) is 31.4 Å². The molecule has 37 heavy (non-hydrogen) atoms. The number of anilines is 2. The van der Waals surface area contributed by atoms with E-state index in [1.807, 2.05) is 0 Å². The summed E-state index contributed by atoms with van der Waals surface area (Å²) in [5.41, 5.74) is 0.370. The number of nitrogens with zero attached hydrogens (tertiary/aromatic N) is 1. The lowest BCUT2D eigenvalue weighted by atomic mass is 10.1. The Hall–Kier alpha value is -3.67. The molecular weight excluding hydrogens is 545 g/mol. The minimum absolute atomic E-state index is 0.0502. The molecule has 1 heterocycles. The van der Waals surface area contributed by atoms with E-state index in [1.54, 1.807) is 25.1 Å². The average Bonchev–Trinajstić information content (AvgIpc) is 3.18. The molecule has 3 aromatic rings. The van der Waals surface area contributed by atoms with E-state index < -0.39 is 22.7 Å². The zero-order chi connectivity index (χ0) is 27.1. The van der Waals surface area contributed by atoms with Crippen molar-refractivity contribution < 1.29 is 28.8 Å². The van der Waals surface area contributed by atoms with Crippen LogP contribution in [0.4, 0.5) is 16.4 Å².